The van der Waals surface area contributed by atoms with E-state index in [9.17, 15) is 13.2 Å². The van der Waals surface area contributed by atoms with Crippen LogP contribution in [0.3, 0.4) is 0 Å². The van der Waals surface area contributed by atoms with Gasteiger partial charge in [0.15, 0.2) is 0 Å². The van der Waals surface area contributed by atoms with Crippen LogP contribution in [0.15, 0.2) is 12.7 Å². The fourth-order valence-corrected chi connectivity index (χ4v) is 1.01. The molecule has 6 heteroatoms. The molecule has 0 saturated carbocycles. The molecule has 0 bridgehead atoms. The maximum atomic E-state index is 10.4. The number of esters is 1. The van der Waals surface area contributed by atoms with Crippen LogP contribution in [0.25, 0.3) is 0 Å². The molecule has 0 atom stereocenters. The zero-order chi connectivity index (χ0) is 9.61. The standard InChI is InChI=1S/C6H11NO4S/c1-2-6(8)11-4-3-5-12(7,9)10/h2H,1,3-5H2,(H2,7,9,10). The Morgan fingerprint density at radius 2 is 2.17 bits per heavy atom. The molecule has 5 nitrogen and oxygen atoms in total. The quantitative estimate of drug-likeness (QED) is 0.358. The van der Waals surface area contributed by atoms with E-state index in [4.69, 9.17) is 5.14 Å². The van der Waals surface area contributed by atoms with Gasteiger partial charge in [0.2, 0.25) is 10.0 Å². The van der Waals surface area contributed by atoms with E-state index in [1.54, 1.807) is 0 Å². The molecule has 0 radical (unpaired) electrons. The number of ether oxygens (including phenoxy) is 1. The van der Waals surface area contributed by atoms with Gasteiger partial charge in [0.05, 0.1) is 12.4 Å². The van der Waals surface area contributed by atoms with Crippen LogP contribution in [0.5, 0.6) is 0 Å². The molecule has 0 aromatic rings. The van der Waals surface area contributed by atoms with Crippen molar-refractivity contribution in [2.45, 2.75) is 6.42 Å². The fraction of sp³-hybridized carbons (Fsp3) is 0.500. The molecule has 0 aliphatic carbocycles. The highest BCUT2D eigenvalue weighted by atomic mass is 32.2. The van der Waals surface area contributed by atoms with Gasteiger partial charge in [-0.3, -0.25) is 0 Å². The summed E-state index contributed by atoms with van der Waals surface area (Å²) < 4.78 is 25.2. The zero-order valence-corrected chi connectivity index (χ0v) is 7.34. The second-order valence-electron chi connectivity index (χ2n) is 2.09. The molecular weight excluding hydrogens is 182 g/mol. The van der Waals surface area contributed by atoms with Crippen LogP contribution < -0.4 is 5.14 Å². The predicted molar refractivity (Wildman–Crippen MR) is 43.7 cm³/mol. The number of carbonyl (C=O) groups excluding carboxylic acids is 1. The summed E-state index contributed by atoms with van der Waals surface area (Å²) in [6.45, 7) is 3.21. The third-order valence-corrected chi connectivity index (χ3v) is 1.84. The third kappa shape index (κ3) is 7.23. The van der Waals surface area contributed by atoms with E-state index >= 15 is 0 Å². The van der Waals surface area contributed by atoms with Gasteiger partial charge in [-0.2, -0.15) is 0 Å². The second kappa shape index (κ2) is 4.89. The SMILES string of the molecule is C=CC(=O)OCCCS(N)(=O)=O. The topological polar surface area (TPSA) is 86.5 Å². The van der Waals surface area contributed by atoms with Crippen molar-refractivity contribution in [3.05, 3.63) is 12.7 Å². The first-order valence-electron chi connectivity index (χ1n) is 3.25. The zero-order valence-electron chi connectivity index (χ0n) is 6.52. The Labute approximate surface area is 71.3 Å². The lowest BCUT2D eigenvalue weighted by Gasteiger charge is -1.99. The molecule has 70 valence electrons. The van der Waals surface area contributed by atoms with Crippen molar-refractivity contribution < 1.29 is 17.9 Å². The van der Waals surface area contributed by atoms with E-state index < -0.39 is 16.0 Å². The molecule has 0 aliphatic heterocycles. The molecule has 0 amide bonds. The molecule has 2 N–H and O–H groups in total. The van der Waals surface area contributed by atoms with Gasteiger partial charge in [0.25, 0.3) is 0 Å². The summed E-state index contributed by atoms with van der Waals surface area (Å²) in [6.07, 6.45) is 1.22. The Bertz CT molecular complexity index is 257. The molecule has 0 aliphatic rings. The maximum absolute atomic E-state index is 10.4. The minimum Gasteiger partial charge on any atom is -0.463 e. The van der Waals surface area contributed by atoms with Crippen molar-refractivity contribution in [1.82, 2.24) is 0 Å². The van der Waals surface area contributed by atoms with Crippen molar-refractivity contribution in [2.75, 3.05) is 12.4 Å². The lowest BCUT2D eigenvalue weighted by molar-refractivity contribution is -0.137. The summed E-state index contributed by atoms with van der Waals surface area (Å²) in [6, 6.07) is 0. The molecule has 0 heterocycles. The average molecular weight is 193 g/mol. The van der Waals surface area contributed by atoms with Crippen molar-refractivity contribution in [2.24, 2.45) is 5.14 Å². The number of sulfonamides is 1. The molecule has 0 aromatic carbocycles. The highest BCUT2D eigenvalue weighted by Crippen LogP contribution is 1.88. The van der Waals surface area contributed by atoms with Crippen LogP contribution >= 0.6 is 0 Å². The molecule has 0 unspecified atom stereocenters. The first kappa shape index (κ1) is 11.1. The number of nitrogens with two attached hydrogens (primary N) is 1. The van der Waals surface area contributed by atoms with E-state index in [2.05, 4.69) is 11.3 Å². The Kier molecular flexibility index (Phi) is 4.53. The number of primary sulfonamides is 1. The first-order valence-corrected chi connectivity index (χ1v) is 4.97. The largest absolute Gasteiger partial charge is 0.463 e. The highest BCUT2D eigenvalue weighted by molar-refractivity contribution is 7.89. The predicted octanol–water partition coefficient (Wildman–Crippen LogP) is -0.606. The van der Waals surface area contributed by atoms with Crippen LogP contribution in [-0.2, 0) is 19.6 Å². The normalized spacial score (nSPS) is 10.8. The van der Waals surface area contributed by atoms with Crippen molar-refractivity contribution in [3.8, 4) is 0 Å². The summed E-state index contributed by atoms with van der Waals surface area (Å²) in [5.41, 5.74) is 0. The van der Waals surface area contributed by atoms with Crippen molar-refractivity contribution in [3.63, 3.8) is 0 Å². The average Bonchev–Trinajstić information content (AvgIpc) is 1.96. The van der Waals surface area contributed by atoms with E-state index in [0.29, 0.717) is 0 Å². The Hall–Kier alpha value is -0.880. The summed E-state index contributed by atoms with van der Waals surface area (Å²) in [5.74, 6) is -0.748. The van der Waals surface area contributed by atoms with Gasteiger partial charge in [-0.25, -0.2) is 18.4 Å². The maximum Gasteiger partial charge on any atom is 0.330 e. The Balaban J connectivity index is 3.47. The molecule has 0 fully saturated rings. The van der Waals surface area contributed by atoms with Crippen LogP contribution in [0.4, 0.5) is 0 Å². The van der Waals surface area contributed by atoms with Crippen LogP contribution in [0.2, 0.25) is 0 Å². The van der Waals surface area contributed by atoms with Gasteiger partial charge in [0.1, 0.15) is 0 Å². The monoisotopic (exact) mass is 193 g/mol. The molecular formula is C6H11NO4S. The number of carbonyl (C=O) groups is 1. The molecule has 12 heavy (non-hydrogen) atoms. The minimum atomic E-state index is -3.45. The molecule has 0 rings (SSSR count). The van der Waals surface area contributed by atoms with E-state index in [0.717, 1.165) is 6.08 Å². The van der Waals surface area contributed by atoms with E-state index in [1.807, 2.05) is 0 Å². The minimum absolute atomic E-state index is 0.0429. The molecule has 0 spiro atoms. The van der Waals surface area contributed by atoms with Gasteiger partial charge < -0.3 is 4.74 Å². The van der Waals surface area contributed by atoms with Gasteiger partial charge in [-0.1, -0.05) is 6.58 Å². The van der Waals surface area contributed by atoms with E-state index in [1.165, 1.54) is 0 Å². The number of rotatable bonds is 5. The third-order valence-electron chi connectivity index (χ3n) is 0.984. The van der Waals surface area contributed by atoms with Gasteiger partial charge in [-0.05, 0) is 6.42 Å². The van der Waals surface area contributed by atoms with Crippen LogP contribution in [-0.4, -0.2) is 26.7 Å². The van der Waals surface area contributed by atoms with Crippen LogP contribution in [0.1, 0.15) is 6.42 Å². The summed E-state index contributed by atoms with van der Waals surface area (Å²) in [5, 5.41) is 4.70. The smallest absolute Gasteiger partial charge is 0.330 e. The van der Waals surface area contributed by atoms with Crippen molar-refractivity contribution >= 4 is 16.0 Å². The first-order chi connectivity index (χ1) is 5.45. The van der Waals surface area contributed by atoms with Crippen molar-refractivity contribution in [1.29, 1.82) is 0 Å². The second-order valence-corrected chi connectivity index (χ2v) is 3.83. The van der Waals surface area contributed by atoms with Crippen LogP contribution in [0, 0.1) is 0 Å². The van der Waals surface area contributed by atoms with Gasteiger partial charge in [-0.15, -0.1) is 0 Å². The van der Waals surface area contributed by atoms with Gasteiger partial charge >= 0.3 is 5.97 Å². The summed E-state index contributed by atoms with van der Waals surface area (Å²) in [4.78, 5) is 10.4. The highest BCUT2D eigenvalue weighted by Gasteiger charge is 2.02. The van der Waals surface area contributed by atoms with Gasteiger partial charge in [0, 0.05) is 6.08 Å². The lowest BCUT2D eigenvalue weighted by atomic mass is 10.5. The Morgan fingerprint density at radius 3 is 2.58 bits per heavy atom. The lowest BCUT2D eigenvalue weighted by Crippen LogP contribution is -2.18. The number of hydrogen-bond acceptors (Lipinski definition) is 4. The molecule has 0 saturated heterocycles. The molecule has 0 aromatic heterocycles. The Morgan fingerprint density at radius 1 is 1.58 bits per heavy atom. The summed E-state index contributed by atoms with van der Waals surface area (Å²) in [7, 11) is -3.45. The summed E-state index contributed by atoms with van der Waals surface area (Å²) >= 11 is 0. The number of hydrogen-bond donors (Lipinski definition) is 1. The fourth-order valence-electron chi connectivity index (χ4n) is 0.492. The van der Waals surface area contributed by atoms with E-state index in [-0.39, 0.29) is 18.8 Å².